The zero-order valence-corrected chi connectivity index (χ0v) is 15.9. The van der Waals surface area contributed by atoms with Crippen molar-refractivity contribution >= 4 is 17.5 Å². The Balaban J connectivity index is 1.66. The van der Waals surface area contributed by atoms with Crippen LogP contribution in [0.3, 0.4) is 0 Å². The number of hydrogen-bond donors (Lipinski definition) is 3. The van der Waals surface area contributed by atoms with Gasteiger partial charge in [-0.05, 0) is 68.4 Å². The molecule has 0 spiro atoms. The lowest BCUT2D eigenvalue weighted by atomic mass is 9.78. The fraction of sp³-hybridized carbons (Fsp3) is 0.333. The molecule has 148 valence electrons. The van der Waals surface area contributed by atoms with Crippen LogP contribution in [0.25, 0.3) is 0 Å². The van der Waals surface area contributed by atoms with Crippen LogP contribution in [0.15, 0.2) is 48.5 Å². The summed E-state index contributed by atoms with van der Waals surface area (Å²) in [6.07, 6.45) is 1.48. The molecular weight excluding hydrogens is 358 g/mol. The molecule has 1 saturated heterocycles. The third kappa shape index (κ3) is 4.68. The highest BCUT2D eigenvalue weighted by molar-refractivity contribution is 5.95. The van der Waals surface area contributed by atoms with Gasteiger partial charge in [0.25, 0.3) is 0 Å². The lowest BCUT2D eigenvalue weighted by Crippen LogP contribution is -2.47. The van der Waals surface area contributed by atoms with Crippen molar-refractivity contribution in [2.24, 2.45) is 11.1 Å². The number of piperidine rings is 1. The van der Waals surface area contributed by atoms with E-state index in [9.17, 15) is 9.59 Å². The number of hydrogen-bond acceptors (Lipinski definition) is 5. The van der Waals surface area contributed by atoms with Crippen molar-refractivity contribution in [3.05, 3.63) is 54.1 Å². The number of rotatable bonds is 7. The Labute approximate surface area is 164 Å². The lowest BCUT2D eigenvalue weighted by molar-refractivity contribution is -0.130. The second-order valence-electron chi connectivity index (χ2n) is 6.94. The van der Waals surface area contributed by atoms with Gasteiger partial charge in [0.05, 0.1) is 12.0 Å². The molecule has 0 saturated carbocycles. The van der Waals surface area contributed by atoms with Crippen molar-refractivity contribution < 1.29 is 19.1 Å². The minimum atomic E-state index is -0.510. The number of primary amides is 1. The third-order valence-electron chi connectivity index (χ3n) is 4.93. The number of carbonyl (C=O) groups is 2. The maximum Gasteiger partial charge on any atom is 0.248 e. The van der Waals surface area contributed by atoms with Gasteiger partial charge in [0.1, 0.15) is 11.5 Å². The molecule has 0 aromatic heterocycles. The van der Waals surface area contributed by atoms with Crippen LogP contribution in [0.5, 0.6) is 11.5 Å². The lowest BCUT2D eigenvalue weighted by Gasteiger charge is -2.35. The first-order valence-electron chi connectivity index (χ1n) is 9.21. The number of nitrogens with two attached hydrogens (primary N) is 1. The van der Waals surface area contributed by atoms with Crippen LogP contribution in [0.1, 0.15) is 23.2 Å². The van der Waals surface area contributed by atoms with E-state index in [0.717, 1.165) is 25.9 Å². The summed E-state index contributed by atoms with van der Waals surface area (Å²) in [4.78, 5) is 24.1. The average molecular weight is 383 g/mol. The molecule has 2 aromatic rings. The van der Waals surface area contributed by atoms with Gasteiger partial charge < -0.3 is 25.8 Å². The van der Waals surface area contributed by atoms with E-state index in [-0.39, 0.29) is 5.91 Å². The molecule has 7 nitrogen and oxygen atoms in total. The molecule has 2 amide bonds. The Morgan fingerprint density at radius 3 is 2.46 bits per heavy atom. The molecule has 0 atom stereocenters. The molecule has 0 bridgehead atoms. The molecule has 1 aliphatic rings. The van der Waals surface area contributed by atoms with Crippen molar-refractivity contribution in [1.29, 1.82) is 0 Å². The molecule has 28 heavy (non-hydrogen) atoms. The number of anilines is 1. The summed E-state index contributed by atoms with van der Waals surface area (Å²) in [6, 6.07) is 13.8. The summed E-state index contributed by atoms with van der Waals surface area (Å²) in [6.45, 7) is 2.00. The van der Waals surface area contributed by atoms with E-state index in [1.807, 2.05) is 0 Å². The summed E-state index contributed by atoms with van der Waals surface area (Å²) in [5.74, 6) is 0.569. The van der Waals surface area contributed by atoms with Crippen molar-refractivity contribution in [3.8, 4) is 11.5 Å². The van der Waals surface area contributed by atoms with Crippen LogP contribution in [0, 0.1) is 5.41 Å². The van der Waals surface area contributed by atoms with Crippen molar-refractivity contribution in [3.63, 3.8) is 0 Å². The third-order valence-corrected chi connectivity index (χ3v) is 4.93. The van der Waals surface area contributed by atoms with E-state index < -0.39 is 11.3 Å². The Kier molecular flexibility index (Phi) is 6.28. The highest BCUT2D eigenvalue weighted by atomic mass is 16.5. The van der Waals surface area contributed by atoms with Gasteiger partial charge in [-0.25, -0.2) is 0 Å². The Hall–Kier alpha value is -2.90. The molecule has 1 heterocycles. The average Bonchev–Trinajstić information content (AvgIpc) is 2.70. The predicted molar refractivity (Wildman–Crippen MR) is 107 cm³/mol. The number of nitrogens with one attached hydrogen (secondary N) is 2. The normalized spacial score (nSPS) is 15.6. The quantitative estimate of drug-likeness (QED) is 0.682. The minimum absolute atomic E-state index is 0.0290. The fourth-order valence-electron chi connectivity index (χ4n) is 3.34. The smallest absolute Gasteiger partial charge is 0.248 e. The van der Waals surface area contributed by atoms with Crippen LogP contribution >= 0.6 is 0 Å². The van der Waals surface area contributed by atoms with Gasteiger partial charge in [0, 0.05) is 18.4 Å². The van der Waals surface area contributed by atoms with E-state index in [4.69, 9.17) is 15.2 Å². The highest BCUT2D eigenvalue weighted by Gasteiger charge is 2.39. The van der Waals surface area contributed by atoms with Gasteiger partial charge in [-0.15, -0.1) is 0 Å². The number of carbonyl (C=O) groups excluding carboxylic acids is 2. The van der Waals surface area contributed by atoms with E-state index in [1.54, 1.807) is 55.6 Å². The van der Waals surface area contributed by atoms with Gasteiger partial charge >= 0.3 is 0 Å². The van der Waals surface area contributed by atoms with Crippen LogP contribution in [0.4, 0.5) is 5.69 Å². The molecule has 0 unspecified atom stereocenters. The van der Waals surface area contributed by atoms with Gasteiger partial charge in [0.15, 0.2) is 0 Å². The summed E-state index contributed by atoms with van der Waals surface area (Å²) < 4.78 is 11.1. The first kappa shape index (κ1) is 19.9. The van der Waals surface area contributed by atoms with Crippen molar-refractivity contribution in [2.75, 3.05) is 32.1 Å². The van der Waals surface area contributed by atoms with Crippen molar-refractivity contribution in [1.82, 2.24) is 5.32 Å². The molecule has 1 aliphatic heterocycles. The Bertz CT molecular complexity index is 824. The zero-order chi connectivity index (χ0) is 20.0. The molecule has 3 rings (SSSR count). The number of benzene rings is 2. The van der Waals surface area contributed by atoms with E-state index in [0.29, 0.717) is 29.4 Å². The molecule has 4 N–H and O–H groups in total. The second kappa shape index (κ2) is 8.86. The maximum atomic E-state index is 12.9. The van der Waals surface area contributed by atoms with Crippen LogP contribution in [0.2, 0.25) is 0 Å². The Morgan fingerprint density at radius 2 is 1.82 bits per heavy atom. The SMILES string of the molecule is COCC1(C(=O)Nc2ccc(Oc3cccc(C(N)=O)c3)cc2)CCNCC1. The first-order chi connectivity index (χ1) is 13.5. The number of ether oxygens (including phenoxy) is 2. The van der Waals surface area contributed by atoms with Crippen LogP contribution in [-0.4, -0.2) is 38.6 Å². The summed E-state index contributed by atoms with van der Waals surface area (Å²) >= 11 is 0. The Morgan fingerprint density at radius 1 is 1.11 bits per heavy atom. The zero-order valence-electron chi connectivity index (χ0n) is 15.9. The van der Waals surface area contributed by atoms with Crippen LogP contribution < -0.4 is 21.1 Å². The minimum Gasteiger partial charge on any atom is -0.457 e. The summed E-state index contributed by atoms with van der Waals surface area (Å²) in [5, 5.41) is 6.27. The molecule has 7 heteroatoms. The molecule has 0 aliphatic carbocycles. The van der Waals surface area contributed by atoms with Crippen LogP contribution in [-0.2, 0) is 9.53 Å². The highest BCUT2D eigenvalue weighted by Crippen LogP contribution is 2.31. The van der Waals surface area contributed by atoms with Gasteiger partial charge in [-0.1, -0.05) is 6.07 Å². The fourth-order valence-corrected chi connectivity index (χ4v) is 3.34. The topological polar surface area (TPSA) is 103 Å². The summed E-state index contributed by atoms with van der Waals surface area (Å²) in [7, 11) is 1.62. The first-order valence-corrected chi connectivity index (χ1v) is 9.21. The number of methoxy groups -OCH3 is 1. The number of amides is 2. The van der Waals surface area contributed by atoms with Gasteiger partial charge in [-0.2, -0.15) is 0 Å². The maximum absolute atomic E-state index is 12.9. The van der Waals surface area contributed by atoms with Crippen molar-refractivity contribution in [2.45, 2.75) is 12.8 Å². The predicted octanol–water partition coefficient (Wildman–Crippen LogP) is 2.53. The molecule has 0 radical (unpaired) electrons. The standard InChI is InChI=1S/C21H25N3O4/c1-27-14-21(9-11-23-12-10-21)20(26)24-16-5-7-17(8-6-16)28-18-4-2-3-15(13-18)19(22)25/h2-8,13,23H,9-12,14H2,1H3,(H2,22,25)(H,24,26). The van der Waals surface area contributed by atoms with E-state index in [1.165, 1.54) is 0 Å². The molecule has 2 aromatic carbocycles. The summed E-state index contributed by atoms with van der Waals surface area (Å²) in [5.41, 5.74) is 5.85. The van der Waals surface area contributed by atoms with E-state index >= 15 is 0 Å². The molecule has 1 fully saturated rings. The van der Waals surface area contributed by atoms with Gasteiger partial charge in [-0.3, -0.25) is 9.59 Å². The molecular formula is C21H25N3O4. The van der Waals surface area contributed by atoms with E-state index in [2.05, 4.69) is 10.6 Å². The monoisotopic (exact) mass is 383 g/mol. The second-order valence-corrected chi connectivity index (χ2v) is 6.94. The van der Waals surface area contributed by atoms with Gasteiger partial charge in [0.2, 0.25) is 11.8 Å². The largest absolute Gasteiger partial charge is 0.457 e.